The molecule has 1 aliphatic carbocycles. The number of nitrogens with zero attached hydrogens (tertiary/aromatic N) is 3. The van der Waals surface area contributed by atoms with Gasteiger partial charge in [-0.2, -0.15) is 0 Å². The molecule has 2 amide bonds. The molecule has 142 valence electrons. The second kappa shape index (κ2) is 6.79. The molecule has 1 fully saturated rings. The van der Waals surface area contributed by atoms with E-state index in [1.807, 2.05) is 30.5 Å². The van der Waals surface area contributed by atoms with Crippen LogP contribution in [0.15, 0.2) is 30.5 Å². The zero-order valence-electron chi connectivity index (χ0n) is 15.4. The first kappa shape index (κ1) is 17.7. The van der Waals surface area contributed by atoms with Crippen molar-refractivity contribution in [1.29, 1.82) is 0 Å². The number of rotatable bonds is 3. The molecule has 1 aliphatic heterocycles. The molecule has 2 heterocycles. The summed E-state index contributed by atoms with van der Waals surface area (Å²) < 4.78 is 16.6. The van der Waals surface area contributed by atoms with Crippen molar-refractivity contribution in [2.75, 3.05) is 18.4 Å². The Morgan fingerprint density at radius 2 is 1.89 bits per heavy atom. The van der Waals surface area contributed by atoms with E-state index in [1.165, 1.54) is 6.92 Å². The van der Waals surface area contributed by atoms with Crippen molar-refractivity contribution < 1.29 is 14.0 Å². The number of benzene rings is 1. The smallest absolute Gasteiger partial charge is 0.260 e. The van der Waals surface area contributed by atoms with Crippen molar-refractivity contribution in [2.24, 2.45) is 0 Å². The topological polar surface area (TPSA) is 67.2 Å². The Bertz CT molecular complexity index is 871. The number of hydrogen-bond donors (Lipinski definition) is 1. The Kier molecular flexibility index (Phi) is 4.45. The van der Waals surface area contributed by atoms with Crippen LogP contribution in [0.2, 0.25) is 0 Å². The van der Waals surface area contributed by atoms with Crippen molar-refractivity contribution in [1.82, 2.24) is 14.5 Å². The maximum Gasteiger partial charge on any atom is 0.260 e. The van der Waals surface area contributed by atoms with Crippen LogP contribution in [0, 0.1) is 0 Å². The molecule has 1 saturated carbocycles. The van der Waals surface area contributed by atoms with Crippen molar-refractivity contribution in [3.8, 4) is 11.3 Å². The second-order valence-corrected chi connectivity index (χ2v) is 7.33. The van der Waals surface area contributed by atoms with Gasteiger partial charge in [-0.05, 0) is 37.0 Å². The van der Waals surface area contributed by atoms with Crippen LogP contribution in [-0.4, -0.2) is 45.0 Å². The molecule has 2 aliphatic rings. The molecule has 1 aromatic heterocycles. The van der Waals surface area contributed by atoms with Crippen LogP contribution >= 0.6 is 0 Å². The molecular formula is C20H23FN4O2. The normalized spacial score (nSPS) is 18.2. The first-order valence-electron chi connectivity index (χ1n) is 9.37. The van der Waals surface area contributed by atoms with E-state index in [1.54, 1.807) is 4.90 Å². The Hall–Kier alpha value is -2.70. The Morgan fingerprint density at radius 1 is 1.15 bits per heavy atom. The monoisotopic (exact) mass is 370 g/mol. The van der Waals surface area contributed by atoms with Gasteiger partial charge in [0, 0.05) is 38.7 Å². The van der Waals surface area contributed by atoms with Gasteiger partial charge in [-0.15, -0.1) is 0 Å². The fraction of sp³-hybridized carbons (Fsp3) is 0.450. The zero-order valence-corrected chi connectivity index (χ0v) is 15.4. The summed E-state index contributed by atoms with van der Waals surface area (Å²) in [5.41, 5.74) is 1.05. The van der Waals surface area contributed by atoms with Crippen LogP contribution in [0.1, 0.15) is 32.0 Å². The van der Waals surface area contributed by atoms with E-state index in [4.69, 9.17) is 0 Å². The van der Waals surface area contributed by atoms with Crippen LogP contribution < -0.4 is 5.32 Å². The van der Waals surface area contributed by atoms with E-state index in [0.29, 0.717) is 38.9 Å². The Labute approximate surface area is 157 Å². The lowest BCUT2D eigenvalue weighted by molar-refractivity contribution is -0.149. The van der Waals surface area contributed by atoms with Gasteiger partial charge in [0.15, 0.2) is 5.67 Å². The maximum absolute atomic E-state index is 14.5. The molecule has 0 spiro atoms. The van der Waals surface area contributed by atoms with Crippen molar-refractivity contribution >= 4 is 17.5 Å². The average molecular weight is 370 g/mol. The highest BCUT2D eigenvalue weighted by molar-refractivity contribution is 5.89. The summed E-state index contributed by atoms with van der Waals surface area (Å²) >= 11 is 0. The zero-order chi connectivity index (χ0) is 19.0. The van der Waals surface area contributed by atoms with Crippen molar-refractivity contribution in [3.63, 3.8) is 0 Å². The van der Waals surface area contributed by atoms with E-state index in [-0.39, 0.29) is 11.8 Å². The number of amides is 2. The Balaban J connectivity index is 1.51. The number of imidazole rings is 1. The molecule has 27 heavy (non-hydrogen) atoms. The van der Waals surface area contributed by atoms with Gasteiger partial charge in [0.25, 0.3) is 5.91 Å². The Morgan fingerprint density at radius 3 is 2.52 bits per heavy atom. The minimum absolute atomic E-state index is 0.108. The van der Waals surface area contributed by atoms with Gasteiger partial charge in [0.1, 0.15) is 5.82 Å². The van der Waals surface area contributed by atoms with E-state index in [0.717, 1.165) is 29.2 Å². The number of carbonyl (C=O) groups is 2. The SMILES string of the molecule is CC(=O)Nc1ccc(-c2cnc3n2CCN(C(=O)C2(F)CCC2)CC3)cc1. The summed E-state index contributed by atoms with van der Waals surface area (Å²) in [6, 6.07) is 7.59. The fourth-order valence-electron chi connectivity index (χ4n) is 3.78. The average Bonchev–Trinajstić information content (AvgIpc) is 2.90. The van der Waals surface area contributed by atoms with Gasteiger partial charge < -0.3 is 14.8 Å². The lowest BCUT2D eigenvalue weighted by Gasteiger charge is -2.36. The maximum atomic E-state index is 14.5. The largest absolute Gasteiger partial charge is 0.338 e. The number of hydrogen-bond acceptors (Lipinski definition) is 3. The lowest BCUT2D eigenvalue weighted by atomic mass is 9.81. The molecule has 7 heteroatoms. The molecule has 0 bridgehead atoms. The van der Waals surface area contributed by atoms with Crippen LogP contribution in [0.25, 0.3) is 11.3 Å². The lowest BCUT2D eigenvalue weighted by Crippen LogP contribution is -2.51. The van der Waals surface area contributed by atoms with Crippen molar-refractivity contribution in [3.05, 3.63) is 36.3 Å². The molecule has 2 aromatic rings. The molecule has 1 N–H and O–H groups in total. The summed E-state index contributed by atoms with van der Waals surface area (Å²) in [6.45, 7) is 3.07. The van der Waals surface area contributed by atoms with Gasteiger partial charge in [-0.1, -0.05) is 12.1 Å². The highest BCUT2D eigenvalue weighted by Gasteiger charge is 2.47. The summed E-state index contributed by atoms with van der Waals surface area (Å²) in [4.78, 5) is 29.8. The van der Waals surface area contributed by atoms with Crippen LogP contribution in [0.5, 0.6) is 0 Å². The molecular weight excluding hydrogens is 347 g/mol. The first-order valence-corrected chi connectivity index (χ1v) is 9.37. The number of anilines is 1. The second-order valence-electron chi connectivity index (χ2n) is 7.33. The van der Waals surface area contributed by atoms with E-state index < -0.39 is 5.67 Å². The van der Waals surface area contributed by atoms with Crippen LogP contribution in [-0.2, 0) is 22.6 Å². The third-order valence-corrected chi connectivity index (χ3v) is 5.45. The summed E-state index contributed by atoms with van der Waals surface area (Å²) in [6.07, 6.45) is 3.93. The van der Waals surface area contributed by atoms with Gasteiger partial charge in [0.05, 0.1) is 11.9 Å². The number of alkyl halides is 1. The van der Waals surface area contributed by atoms with Gasteiger partial charge in [0.2, 0.25) is 5.91 Å². The van der Waals surface area contributed by atoms with Gasteiger partial charge in [-0.3, -0.25) is 9.59 Å². The van der Waals surface area contributed by atoms with Crippen LogP contribution in [0.3, 0.4) is 0 Å². The molecule has 6 nitrogen and oxygen atoms in total. The molecule has 1 aromatic carbocycles. The summed E-state index contributed by atoms with van der Waals surface area (Å²) in [7, 11) is 0. The highest BCUT2D eigenvalue weighted by Crippen LogP contribution is 2.37. The molecule has 0 radical (unpaired) electrons. The first-order chi connectivity index (χ1) is 13.0. The summed E-state index contributed by atoms with van der Waals surface area (Å²) in [5.74, 6) is 0.441. The van der Waals surface area contributed by atoms with E-state index in [9.17, 15) is 14.0 Å². The third-order valence-electron chi connectivity index (χ3n) is 5.45. The molecule has 0 atom stereocenters. The number of nitrogens with one attached hydrogen (secondary N) is 1. The molecule has 0 unspecified atom stereocenters. The van der Waals surface area contributed by atoms with Crippen molar-refractivity contribution in [2.45, 2.75) is 44.8 Å². The third kappa shape index (κ3) is 3.34. The predicted molar refractivity (Wildman–Crippen MR) is 99.9 cm³/mol. The minimum Gasteiger partial charge on any atom is -0.338 e. The molecule has 4 rings (SSSR count). The number of fused-ring (bicyclic) bond motifs is 1. The van der Waals surface area contributed by atoms with Gasteiger partial charge >= 0.3 is 0 Å². The summed E-state index contributed by atoms with van der Waals surface area (Å²) in [5, 5.41) is 2.75. The van der Waals surface area contributed by atoms with Gasteiger partial charge in [-0.25, -0.2) is 9.37 Å². The number of aromatic nitrogens is 2. The van der Waals surface area contributed by atoms with E-state index in [2.05, 4.69) is 14.9 Å². The van der Waals surface area contributed by atoms with E-state index >= 15 is 0 Å². The predicted octanol–water partition coefficient (Wildman–Crippen LogP) is 2.79. The quantitative estimate of drug-likeness (QED) is 0.903. The fourth-order valence-corrected chi connectivity index (χ4v) is 3.78. The number of halogens is 1. The van der Waals surface area contributed by atoms with Crippen LogP contribution in [0.4, 0.5) is 10.1 Å². The highest BCUT2D eigenvalue weighted by atomic mass is 19.1. The number of carbonyl (C=O) groups excluding carboxylic acids is 2. The molecule has 0 saturated heterocycles. The standard InChI is InChI=1S/C20H23FN4O2/c1-14(26)23-16-5-3-15(4-6-16)17-13-22-18-7-10-24(11-12-25(17)18)19(27)20(21)8-2-9-20/h3-6,13H,2,7-12H2,1H3,(H,23,26). The minimum atomic E-state index is -1.64.